The normalized spacial score (nSPS) is 22.2. The number of anilines is 1. The van der Waals surface area contributed by atoms with E-state index in [9.17, 15) is 10.1 Å². The largest absolute Gasteiger partial charge is 0.459 e. The van der Waals surface area contributed by atoms with Gasteiger partial charge >= 0.3 is 0 Å². The van der Waals surface area contributed by atoms with Gasteiger partial charge in [-0.05, 0) is 73.4 Å². The number of benzene rings is 1. The smallest absolute Gasteiger partial charge is 0.289 e. The van der Waals surface area contributed by atoms with Gasteiger partial charge in [0.25, 0.3) is 5.91 Å². The number of hydrogen-bond acceptors (Lipinski definition) is 5. The predicted molar refractivity (Wildman–Crippen MR) is 126 cm³/mol. The number of nitriles is 1. The SMILES string of the molecule is CC(C)C1CN(c2cc(C3CC3)c3c(c2C#N)CC(C)(C)OC3)CCN1C(=O)c1ccco1. The van der Waals surface area contributed by atoms with E-state index in [0.717, 1.165) is 17.7 Å². The monoisotopic (exact) mass is 447 g/mol. The Morgan fingerprint density at radius 1 is 1.24 bits per heavy atom. The lowest BCUT2D eigenvalue weighted by molar-refractivity contribution is -0.0405. The van der Waals surface area contributed by atoms with Crippen LogP contribution in [0.25, 0.3) is 0 Å². The quantitative estimate of drug-likeness (QED) is 0.669. The Balaban J connectivity index is 1.51. The number of hydrogen-bond donors (Lipinski definition) is 0. The van der Waals surface area contributed by atoms with Crippen molar-refractivity contribution in [1.82, 2.24) is 4.90 Å². The number of carbonyl (C=O) groups excluding carboxylic acids is 1. The van der Waals surface area contributed by atoms with Gasteiger partial charge in [0, 0.05) is 26.1 Å². The zero-order valence-corrected chi connectivity index (χ0v) is 20.1. The van der Waals surface area contributed by atoms with E-state index in [0.29, 0.717) is 37.9 Å². The summed E-state index contributed by atoms with van der Waals surface area (Å²) < 4.78 is 11.5. The van der Waals surface area contributed by atoms with Crippen molar-refractivity contribution in [3.05, 3.63) is 52.5 Å². The van der Waals surface area contributed by atoms with E-state index >= 15 is 0 Å². The third kappa shape index (κ3) is 4.04. The van der Waals surface area contributed by atoms with Crippen LogP contribution in [0, 0.1) is 17.2 Å². The minimum atomic E-state index is -0.271. The van der Waals surface area contributed by atoms with Crippen LogP contribution in [0.5, 0.6) is 0 Å². The lowest BCUT2D eigenvalue weighted by atomic mass is 9.83. The zero-order chi connectivity index (χ0) is 23.3. The van der Waals surface area contributed by atoms with Crippen LogP contribution in [0.4, 0.5) is 5.69 Å². The minimum absolute atomic E-state index is 0.0445. The van der Waals surface area contributed by atoms with Crippen LogP contribution < -0.4 is 4.90 Å². The molecule has 6 nitrogen and oxygen atoms in total. The zero-order valence-electron chi connectivity index (χ0n) is 20.1. The van der Waals surface area contributed by atoms with Crippen LogP contribution in [0.1, 0.15) is 79.3 Å². The van der Waals surface area contributed by atoms with Gasteiger partial charge in [-0.1, -0.05) is 13.8 Å². The van der Waals surface area contributed by atoms with Crippen LogP contribution >= 0.6 is 0 Å². The first kappa shape index (κ1) is 22.0. The highest BCUT2D eigenvalue weighted by atomic mass is 16.5. The van der Waals surface area contributed by atoms with E-state index < -0.39 is 0 Å². The molecule has 3 heterocycles. The Morgan fingerprint density at radius 3 is 2.67 bits per heavy atom. The van der Waals surface area contributed by atoms with Crippen molar-refractivity contribution >= 4 is 11.6 Å². The number of rotatable bonds is 4. The highest BCUT2D eigenvalue weighted by Gasteiger charge is 2.38. The molecule has 3 aliphatic rings. The van der Waals surface area contributed by atoms with Crippen molar-refractivity contribution in [2.24, 2.45) is 5.92 Å². The van der Waals surface area contributed by atoms with Gasteiger partial charge in [-0.3, -0.25) is 4.79 Å². The first-order valence-electron chi connectivity index (χ1n) is 12.1. The third-order valence-corrected chi connectivity index (χ3v) is 7.42. The fourth-order valence-electron chi connectivity index (χ4n) is 5.42. The lowest BCUT2D eigenvalue weighted by Gasteiger charge is -2.45. The number of amides is 1. The van der Waals surface area contributed by atoms with E-state index in [1.807, 2.05) is 4.90 Å². The molecule has 1 aromatic carbocycles. The van der Waals surface area contributed by atoms with Crippen molar-refractivity contribution in [2.45, 2.75) is 71.1 Å². The first-order chi connectivity index (χ1) is 15.8. The third-order valence-electron chi connectivity index (χ3n) is 7.42. The Labute approximate surface area is 196 Å². The van der Waals surface area contributed by atoms with Gasteiger partial charge in [-0.15, -0.1) is 0 Å². The lowest BCUT2D eigenvalue weighted by Crippen LogP contribution is -2.57. The van der Waals surface area contributed by atoms with Gasteiger partial charge in [0.05, 0.1) is 35.8 Å². The summed E-state index contributed by atoms with van der Waals surface area (Å²) in [5.41, 5.74) is 5.33. The Kier molecular flexibility index (Phi) is 5.49. The molecule has 0 N–H and O–H groups in total. The van der Waals surface area contributed by atoms with Crippen molar-refractivity contribution in [2.75, 3.05) is 24.5 Å². The van der Waals surface area contributed by atoms with Crippen molar-refractivity contribution in [1.29, 1.82) is 5.26 Å². The molecule has 6 heteroatoms. The number of piperazine rings is 1. The topological polar surface area (TPSA) is 69.7 Å². The fraction of sp³-hybridized carbons (Fsp3) is 0.556. The van der Waals surface area contributed by atoms with Crippen LogP contribution in [0.15, 0.2) is 28.9 Å². The maximum Gasteiger partial charge on any atom is 0.289 e. The number of nitrogens with zero attached hydrogens (tertiary/aromatic N) is 3. The summed E-state index contributed by atoms with van der Waals surface area (Å²) in [5.74, 6) is 1.20. The van der Waals surface area contributed by atoms with E-state index in [2.05, 4.69) is 44.7 Å². The van der Waals surface area contributed by atoms with Crippen LogP contribution in [-0.4, -0.2) is 42.1 Å². The van der Waals surface area contributed by atoms with Crippen LogP contribution in [0.3, 0.4) is 0 Å². The summed E-state index contributed by atoms with van der Waals surface area (Å²) in [6.07, 6.45) is 4.72. The molecule has 0 spiro atoms. The molecule has 1 aromatic heterocycles. The number of ether oxygens (including phenoxy) is 1. The molecule has 5 rings (SSSR count). The highest BCUT2D eigenvalue weighted by molar-refractivity contribution is 5.92. The second-order valence-corrected chi connectivity index (χ2v) is 10.7. The van der Waals surface area contributed by atoms with Gasteiger partial charge in [-0.2, -0.15) is 5.26 Å². The second kappa shape index (κ2) is 8.22. The summed E-state index contributed by atoms with van der Waals surface area (Å²) in [4.78, 5) is 17.4. The molecule has 1 amide bonds. The predicted octanol–water partition coefficient (Wildman–Crippen LogP) is 4.87. The minimum Gasteiger partial charge on any atom is -0.459 e. The van der Waals surface area contributed by atoms with Crippen molar-refractivity contribution in [3.8, 4) is 6.07 Å². The molecule has 1 atom stereocenters. The molecule has 2 aromatic rings. The molecular formula is C27H33N3O3. The average Bonchev–Trinajstić information content (AvgIpc) is 3.49. The molecule has 1 saturated heterocycles. The molecule has 174 valence electrons. The first-order valence-corrected chi connectivity index (χ1v) is 12.1. The molecule has 33 heavy (non-hydrogen) atoms. The summed E-state index contributed by atoms with van der Waals surface area (Å²) in [6, 6.07) is 8.35. The molecule has 2 aliphatic heterocycles. The number of furan rings is 1. The van der Waals surface area contributed by atoms with Gasteiger partial charge in [0.15, 0.2) is 5.76 Å². The van der Waals surface area contributed by atoms with Crippen molar-refractivity contribution in [3.63, 3.8) is 0 Å². The number of fused-ring (bicyclic) bond motifs is 1. The second-order valence-electron chi connectivity index (χ2n) is 10.7. The molecule has 0 bridgehead atoms. The molecular weight excluding hydrogens is 414 g/mol. The average molecular weight is 448 g/mol. The maximum absolute atomic E-state index is 13.1. The summed E-state index contributed by atoms with van der Waals surface area (Å²) in [7, 11) is 0. The number of carbonyl (C=O) groups is 1. The van der Waals surface area contributed by atoms with E-state index in [1.165, 1.54) is 29.5 Å². The molecule has 0 radical (unpaired) electrons. The van der Waals surface area contributed by atoms with Crippen LogP contribution in [-0.2, 0) is 17.8 Å². The summed E-state index contributed by atoms with van der Waals surface area (Å²) in [6.45, 7) is 11.1. The van der Waals surface area contributed by atoms with Crippen LogP contribution in [0.2, 0.25) is 0 Å². The van der Waals surface area contributed by atoms with Gasteiger partial charge in [-0.25, -0.2) is 0 Å². The molecule has 1 unspecified atom stereocenters. The van der Waals surface area contributed by atoms with Gasteiger partial charge in [0.2, 0.25) is 0 Å². The van der Waals surface area contributed by atoms with E-state index in [4.69, 9.17) is 9.15 Å². The van der Waals surface area contributed by atoms with E-state index in [1.54, 1.807) is 18.4 Å². The van der Waals surface area contributed by atoms with Gasteiger partial charge in [0.1, 0.15) is 6.07 Å². The Hall–Kier alpha value is -2.78. The Bertz CT molecular complexity index is 1090. The fourth-order valence-corrected chi connectivity index (χ4v) is 5.42. The maximum atomic E-state index is 13.1. The summed E-state index contributed by atoms with van der Waals surface area (Å²) in [5, 5.41) is 10.3. The summed E-state index contributed by atoms with van der Waals surface area (Å²) >= 11 is 0. The molecule has 1 aliphatic carbocycles. The van der Waals surface area contributed by atoms with Crippen molar-refractivity contribution < 1.29 is 13.9 Å². The molecule has 1 saturated carbocycles. The van der Waals surface area contributed by atoms with Gasteiger partial charge < -0.3 is 19.0 Å². The standard InChI is InChI=1S/C27H33N3O3/c1-17(2)24-15-29(9-10-30(24)26(31)25-6-5-11-32-25)23-12-19(18-7-8-18)22-16-33-27(3,4)13-20(22)21(23)14-28/h5-6,11-12,17-18,24H,7-10,13,15-16H2,1-4H3. The Morgan fingerprint density at radius 2 is 2.03 bits per heavy atom. The van der Waals surface area contributed by atoms with E-state index in [-0.39, 0.29) is 23.5 Å². The molecule has 2 fully saturated rings. The highest BCUT2D eigenvalue weighted by Crippen LogP contribution is 2.47.